The Morgan fingerprint density at radius 3 is 2.86 bits per heavy atom. The van der Waals surface area contributed by atoms with Crippen molar-refractivity contribution in [1.82, 2.24) is 0 Å². The summed E-state index contributed by atoms with van der Waals surface area (Å²) in [7, 11) is -4.16. The van der Waals surface area contributed by atoms with E-state index in [0.29, 0.717) is 6.42 Å². The number of nitrogens with two attached hydrogens (primary N) is 1. The Bertz CT molecular complexity index is 574. The monoisotopic (exact) mass is 319 g/mol. The third kappa shape index (κ3) is 2.65. The lowest BCUT2D eigenvalue weighted by molar-refractivity contribution is -0.163. The van der Waals surface area contributed by atoms with Gasteiger partial charge in [0.15, 0.2) is 0 Å². The number of ether oxygens (including phenoxy) is 2. The van der Waals surface area contributed by atoms with Gasteiger partial charge in [-0.2, -0.15) is 8.42 Å². The van der Waals surface area contributed by atoms with Gasteiger partial charge in [0, 0.05) is 11.8 Å². The first-order valence-corrected chi connectivity index (χ1v) is 8.49. The van der Waals surface area contributed by atoms with Crippen molar-refractivity contribution in [2.75, 3.05) is 5.75 Å². The number of rotatable bonds is 5. The molecule has 0 aromatic carbocycles. The highest BCUT2D eigenvalue weighted by atomic mass is 32.2. The minimum Gasteiger partial charge on any atom is -0.458 e. The van der Waals surface area contributed by atoms with E-state index >= 15 is 0 Å². The lowest BCUT2D eigenvalue weighted by atomic mass is 9.88. The summed E-state index contributed by atoms with van der Waals surface area (Å²) in [5, 5.41) is 0. The van der Waals surface area contributed by atoms with E-state index in [-0.39, 0.29) is 36.2 Å². The van der Waals surface area contributed by atoms with Gasteiger partial charge in [0.2, 0.25) is 0 Å². The summed E-state index contributed by atoms with van der Waals surface area (Å²) in [4.78, 5) is 23.5. The lowest BCUT2D eigenvalue weighted by Gasteiger charge is -2.26. The van der Waals surface area contributed by atoms with Crippen LogP contribution in [0.2, 0.25) is 0 Å². The van der Waals surface area contributed by atoms with Gasteiger partial charge in [-0.15, -0.1) is 0 Å². The Hall–Kier alpha value is -1.19. The fourth-order valence-electron chi connectivity index (χ4n) is 3.68. The van der Waals surface area contributed by atoms with Gasteiger partial charge in [-0.1, -0.05) is 0 Å². The quantitative estimate of drug-likeness (QED) is 0.491. The summed E-state index contributed by atoms with van der Waals surface area (Å²) >= 11 is 0. The minimum atomic E-state index is -4.16. The second-order valence-corrected chi connectivity index (χ2v) is 7.56. The van der Waals surface area contributed by atoms with Gasteiger partial charge in [0.1, 0.15) is 18.2 Å². The molecule has 8 nitrogen and oxygen atoms in total. The number of fused-ring (bicyclic) bond motifs is 1. The third-order valence-electron chi connectivity index (χ3n) is 4.66. The van der Waals surface area contributed by atoms with Crippen LogP contribution in [0.5, 0.6) is 0 Å². The van der Waals surface area contributed by atoms with Crippen molar-refractivity contribution < 1.29 is 32.0 Å². The molecule has 3 fully saturated rings. The van der Waals surface area contributed by atoms with Crippen molar-refractivity contribution in [1.29, 1.82) is 0 Å². The molecule has 1 aliphatic heterocycles. The molecule has 0 spiro atoms. The molecular formula is C12H17NO7S. The van der Waals surface area contributed by atoms with Crippen molar-refractivity contribution in [3.8, 4) is 0 Å². The topological polar surface area (TPSA) is 133 Å². The van der Waals surface area contributed by atoms with Crippen LogP contribution in [-0.2, 0) is 29.2 Å². The highest BCUT2D eigenvalue weighted by Crippen LogP contribution is 2.55. The predicted octanol–water partition coefficient (Wildman–Crippen LogP) is -0.915. The van der Waals surface area contributed by atoms with E-state index in [4.69, 9.17) is 19.8 Å². The summed E-state index contributed by atoms with van der Waals surface area (Å²) in [6.45, 7) is 0. The Labute approximate surface area is 121 Å². The molecule has 0 aromatic heterocycles. The van der Waals surface area contributed by atoms with E-state index in [0.717, 1.165) is 6.42 Å². The number of hydrogen-bond donors (Lipinski definition) is 2. The molecule has 6 atom stereocenters. The number of esters is 2. The van der Waals surface area contributed by atoms with Gasteiger partial charge in [-0.25, -0.2) is 0 Å². The summed E-state index contributed by atoms with van der Waals surface area (Å²) in [5.41, 5.74) is 5.57. The van der Waals surface area contributed by atoms with Crippen LogP contribution in [-0.4, -0.2) is 48.9 Å². The number of hydrogen-bond acceptors (Lipinski definition) is 7. The zero-order valence-corrected chi connectivity index (χ0v) is 12.0. The first-order valence-electron chi connectivity index (χ1n) is 6.88. The van der Waals surface area contributed by atoms with E-state index in [2.05, 4.69) is 0 Å². The van der Waals surface area contributed by atoms with Crippen LogP contribution in [0.4, 0.5) is 0 Å². The van der Waals surface area contributed by atoms with Gasteiger partial charge >= 0.3 is 11.9 Å². The average Bonchev–Trinajstić information content (AvgIpc) is 2.99. The first-order chi connectivity index (χ1) is 9.76. The standard InChI is InChI=1S/C12H17NO7S/c13-8(1-2-21(16,17)18)12(15)19-9-5-3-6-7(4-5)11(14)20-10(6)9/h5-10H,1-4,13H2,(H,16,17,18). The largest absolute Gasteiger partial charge is 0.458 e. The molecule has 2 saturated carbocycles. The smallest absolute Gasteiger partial charge is 0.323 e. The summed E-state index contributed by atoms with van der Waals surface area (Å²) in [6.07, 6.45) is 0.379. The van der Waals surface area contributed by atoms with Crippen LogP contribution >= 0.6 is 0 Å². The molecule has 21 heavy (non-hydrogen) atoms. The number of carbonyl (C=O) groups excluding carboxylic acids is 2. The van der Waals surface area contributed by atoms with E-state index in [9.17, 15) is 18.0 Å². The van der Waals surface area contributed by atoms with Crippen LogP contribution < -0.4 is 5.73 Å². The molecule has 2 bridgehead atoms. The predicted molar refractivity (Wildman–Crippen MR) is 68.5 cm³/mol. The average molecular weight is 319 g/mol. The number of carbonyl (C=O) groups is 2. The van der Waals surface area contributed by atoms with Gasteiger partial charge in [-0.05, 0) is 19.3 Å². The SMILES string of the molecule is NC(CCS(=O)(=O)O)C(=O)OC1C2CC3C(=O)OC1C3C2. The molecule has 3 rings (SSSR count). The maximum atomic E-state index is 11.9. The van der Waals surface area contributed by atoms with Crippen molar-refractivity contribution in [3.63, 3.8) is 0 Å². The minimum absolute atomic E-state index is 0.0665. The first kappa shape index (κ1) is 14.7. The second-order valence-electron chi connectivity index (χ2n) is 5.99. The summed E-state index contributed by atoms with van der Waals surface area (Å²) in [5.74, 6) is -1.38. The molecule has 0 amide bonds. The molecule has 2 aliphatic carbocycles. The molecule has 3 aliphatic rings. The lowest BCUT2D eigenvalue weighted by Crippen LogP contribution is -2.42. The molecule has 1 saturated heterocycles. The van der Waals surface area contributed by atoms with E-state index in [1.54, 1.807) is 0 Å². The Balaban J connectivity index is 1.58. The molecule has 0 radical (unpaired) electrons. The van der Waals surface area contributed by atoms with Gasteiger partial charge in [0.05, 0.1) is 11.7 Å². The van der Waals surface area contributed by atoms with Gasteiger partial charge in [-0.3, -0.25) is 14.1 Å². The van der Waals surface area contributed by atoms with E-state index in [1.807, 2.05) is 0 Å². The van der Waals surface area contributed by atoms with Crippen LogP contribution in [0.1, 0.15) is 19.3 Å². The fourth-order valence-corrected chi connectivity index (χ4v) is 4.23. The normalized spacial score (nSPS) is 38.4. The zero-order valence-electron chi connectivity index (χ0n) is 11.2. The van der Waals surface area contributed by atoms with Crippen LogP contribution in [0.3, 0.4) is 0 Å². The van der Waals surface area contributed by atoms with E-state index in [1.165, 1.54) is 0 Å². The van der Waals surface area contributed by atoms with Crippen molar-refractivity contribution in [2.45, 2.75) is 37.5 Å². The zero-order chi connectivity index (χ0) is 15.4. The highest BCUT2D eigenvalue weighted by molar-refractivity contribution is 7.85. The van der Waals surface area contributed by atoms with Gasteiger partial charge in [0.25, 0.3) is 10.1 Å². The van der Waals surface area contributed by atoms with Crippen LogP contribution in [0.15, 0.2) is 0 Å². The maximum Gasteiger partial charge on any atom is 0.323 e. The Kier molecular flexibility index (Phi) is 3.45. The van der Waals surface area contributed by atoms with Gasteiger partial charge < -0.3 is 15.2 Å². The molecule has 9 heteroatoms. The van der Waals surface area contributed by atoms with Crippen LogP contribution in [0.25, 0.3) is 0 Å². The molecule has 3 N–H and O–H groups in total. The van der Waals surface area contributed by atoms with E-state index < -0.39 is 34.0 Å². The van der Waals surface area contributed by atoms with Crippen molar-refractivity contribution in [3.05, 3.63) is 0 Å². The Morgan fingerprint density at radius 1 is 1.48 bits per heavy atom. The molecule has 1 heterocycles. The van der Waals surface area contributed by atoms with Crippen molar-refractivity contribution >= 4 is 22.1 Å². The molecular weight excluding hydrogens is 302 g/mol. The molecule has 0 aromatic rings. The fraction of sp³-hybridized carbons (Fsp3) is 0.833. The maximum absolute atomic E-state index is 11.9. The highest BCUT2D eigenvalue weighted by Gasteiger charge is 2.63. The van der Waals surface area contributed by atoms with Crippen LogP contribution in [0, 0.1) is 17.8 Å². The third-order valence-corrected chi connectivity index (χ3v) is 5.41. The summed E-state index contributed by atoms with van der Waals surface area (Å²) < 4.78 is 40.5. The van der Waals surface area contributed by atoms with Crippen molar-refractivity contribution in [2.24, 2.45) is 23.5 Å². The molecule has 118 valence electrons. The molecule has 6 unspecified atom stereocenters. The second kappa shape index (κ2) is 4.92. The Morgan fingerprint density at radius 2 is 2.19 bits per heavy atom. The summed E-state index contributed by atoms with van der Waals surface area (Å²) in [6, 6.07) is -1.13.